The molecule has 0 saturated carbocycles. The molecule has 0 aliphatic carbocycles. The van der Waals surface area contributed by atoms with Gasteiger partial charge in [-0.1, -0.05) is 66.7 Å². The zero-order valence-corrected chi connectivity index (χ0v) is 16.2. The van der Waals surface area contributed by atoms with Crippen molar-refractivity contribution >= 4 is 22.4 Å². The highest BCUT2D eigenvalue weighted by atomic mass is 16.5. The smallest absolute Gasteiger partial charge is 0.120 e. The quantitative estimate of drug-likeness (QED) is 0.296. The van der Waals surface area contributed by atoms with Crippen molar-refractivity contribution in [2.45, 2.75) is 6.61 Å². The van der Waals surface area contributed by atoms with E-state index in [-0.39, 0.29) is 0 Å². The number of benzene rings is 4. The van der Waals surface area contributed by atoms with Gasteiger partial charge in [-0.05, 0) is 57.8 Å². The standard InChI is InChI=1S/C27H18N2O/c28-17-20-11-13-22(14-12-20)25(18-29)15-21-5-3-9-26(16-21)30-19-24-8-4-7-23-6-1-2-10-27(23)24/h1-16H,19H2/b25-15+. The number of rotatable bonds is 5. The highest BCUT2D eigenvalue weighted by molar-refractivity contribution is 5.90. The molecule has 3 nitrogen and oxygen atoms in total. The van der Waals surface area contributed by atoms with Crippen molar-refractivity contribution in [1.29, 1.82) is 10.5 Å². The van der Waals surface area contributed by atoms with Gasteiger partial charge in [-0.25, -0.2) is 0 Å². The Morgan fingerprint density at radius 1 is 0.833 bits per heavy atom. The minimum Gasteiger partial charge on any atom is -0.489 e. The largest absolute Gasteiger partial charge is 0.489 e. The fraction of sp³-hybridized carbons (Fsp3) is 0.0370. The van der Waals surface area contributed by atoms with Crippen molar-refractivity contribution in [2.75, 3.05) is 0 Å². The van der Waals surface area contributed by atoms with Crippen molar-refractivity contribution in [1.82, 2.24) is 0 Å². The second kappa shape index (κ2) is 8.78. The Morgan fingerprint density at radius 3 is 2.40 bits per heavy atom. The van der Waals surface area contributed by atoms with Gasteiger partial charge in [-0.2, -0.15) is 10.5 Å². The number of nitriles is 2. The normalized spacial score (nSPS) is 10.9. The lowest BCUT2D eigenvalue weighted by Crippen LogP contribution is -1.96. The van der Waals surface area contributed by atoms with E-state index in [4.69, 9.17) is 10.00 Å². The molecule has 3 heteroatoms. The maximum absolute atomic E-state index is 9.57. The molecule has 0 aliphatic heterocycles. The molecule has 0 fully saturated rings. The van der Waals surface area contributed by atoms with Crippen LogP contribution in [0.5, 0.6) is 5.75 Å². The number of nitrogens with zero attached hydrogens (tertiary/aromatic N) is 2. The van der Waals surface area contributed by atoms with Crippen LogP contribution in [0.2, 0.25) is 0 Å². The maximum Gasteiger partial charge on any atom is 0.120 e. The zero-order chi connectivity index (χ0) is 20.8. The van der Waals surface area contributed by atoms with E-state index >= 15 is 0 Å². The van der Waals surface area contributed by atoms with E-state index in [0.29, 0.717) is 17.7 Å². The summed E-state index contributed by atoms with van der Waals surface area (Å²) in [5, 5.41) is 20.9. The van der Waals surface area contributed by atoms with Gasteiger partial charge in [-0.3, -0.25) is 0 Å². The van der Waals surface area contributed by atoms with Gasteiger partial charge in [0.25, 0.3) is 0 Å². The second-order valence-electron chi connectivity index (χ2n) is 6.86. The number of hydrogen-bond acceptors (Lipinski definition) is 3. The Morgan fingerprint density at radius 2 is 1.60 bits per heavy atom. The van der Waals surface area contributed by atoms with Crippen molar-refractivity contribution in [2.24, 2.45) is 0 Å². The van der Waals surface area contributed by atoms with Crippen LogP contribution < -0.4 is 4.74 Å². The van der Waals surface area contributed by atoms with Gasteiger partial charge in [0.15, 0.2) is 0 Å². The molecular weight excluding hydrogens is 368 g/mol. The lowest BCUT2D eigenvalue weighted by molar-refractivity contribution is 0.307. The van der Waals surface area contributed by atoms with Crippen LogP contribution in [0.15, 0.2) is 91.0 Å². The average Bonchev–Trinajstić information content (AvgIpc) is 2.81. The van der Waals surface area contributed by atoms with Crippen molar-refractivity contribution in [3.8, 4) is 17.9 Å². The molecule has 142 valence electrons. The van der Waals surface area contributed by atoms with Crippen LogP contribution in [0.25, 0.3) is 22.4 Å². The minimum atomic E-state index is 0.468. The Bertz CT molecular complexity index is 1300. The third-order valence-electron chi connectivity index (χ3n) is 4.89. The van der Waals surface area contributed by atoms with E-state index in [1.54, 1.807) is 24.3 Å². The number of allylic oxidation sites excluding steroid dienone is 1. The van der Waals surface area contributed by atoms with E-state index in [0.717, 1.165) is 22.4 Å². The summed E-state index contributed by atoms with van der Waals surface area (Å²) >= 11 is 0. The lowest BCUT2D eigenvalue weighted by Gasteiger charge is -2.10. The number of ether oxygens (including phenoxy) is 1. The van der Waals surface area contributed by atoms with Gasteiger partial charge in [0.05, 0.1) is 23.3 Å². The molecule has 0 aromatic heterocycles. The summed E-state index contributed by atoms with van der Waals surface area (Å²) in [5.74, 6) is 0.744. The fourth-order valence-electron chi connectivity index (χ4n) is 3.34. The predicted octanol–water partition coefficient (Wildman–Crippen LogP) is 6.35. The Labute approximate surface area is 175 Å². The first-order chi connectivity index (χ1) is 14.8. The van der Waals surface area contributed by atoms with Gasteiger partial charge in [0, 0.05) is 0 Å². The summed E-state index contributed by atoms with van der Waals surface area (Å²) in [5.41, 5.74) is 3.89. The lowest BCUT2D eigenvalue weighted by atomic mass is 10.0. The van der Waals surface area contributed by atoms with E-state index in [2.05, 4.69) is 36.4 Å². The second-order valence-corrected chi connectivity index (χ2v) is 6.86. The van der Waals surface area contributed by atoms with Gasteiger partial charge >= 0.3 is 0 Å². The number of hydrogen-bond donors (Lipinski definition) is 0. The third kappa shape index (κ3) is 4.22. The topological polar surface area (TPSA) is 56.8 Å². The molecule has 0 atom stereocenters. The van der Waals surface area contributed by atoms with Crippen molar-refractivity contribution in [3.05, 3.63) is 113 Å². The van der Waals surface area contributed by atoms with E-state index < -0.39 is 0 Å². The molecule has 0 heterocycles. The molecule has 0 unspecified atom stereocenters. The SMILES string of the molecule is N#C/C(=C\c1cccc(OCc2cccc3ccccc23)c1)c1ccc(C#N)cc1. The summed E-state index contributed by atoms with van der Waals surface area (Å²) in [4.78, 5) is 0. The summed E-state index contributed by atoms with van der Waals surface area (Å²) in [7, 11) is 0. The molecule has 0 N–H and O–H groups in total. The highest BCUT2D eigenvalue weighted by Crippen LogP contribution is 2.23. The van der Waals surface area contributed by atoms with Crippen LogP contribution in [0.1, 0.15) is 22.3 Å². The molecule has 0 aliphatic rings. The molecule has 0 spiro atoms. The average molecular weight is 386 g/mol. The van der Waals surface area contributed by atoms with Crippen LogP contribution in [0.3, 0.4) is 0 Å². The van der Waals surface area contributed by atoms with Crippen molar-refractivity contribution in [3.63, 3.8) is 0 Å². The van der Waals surface area contributed by atoms with Crippen LogP contribution in [0, 0.1) is 22.7 Å². The fourth-order valence-corrected chi connectivity index (χ4v) is 3.34. The van der Waals surface area contributed by atoms with Crippen LogP contribution >= 0.6 is 0 Å². The molecule has 4 aromatic carbocycles. The first-order valence-corrected chi connectivity index (χ1v) is 9.59. The van der Waals surface area contributed by atoms with Crippen LogP contribution in [0.4, 0.5) is 0 Å². The third-order valence-corrected chi connectivity index (χ3v) is 4.89. The van der Waals surface area contributed by atoms with Gasteiger partial charge in [0.1, 0.15) is 12.4 Å². The molecule has 0 radical (unpaired) electrons. The predicted molar refractivity (Wildman–Crippen MR) is 119 cm³/mol. The molecule has 0 amide bonds. The van der Waals surface area contributed by atoms with E-state index in [1.165, 1.54) is 10.8 Å². The Kier molecular flexibility index (Phi) is 5.56. The first kappa shape index (κ1) is 19.0. The van der Waals surface area contributed by atoms with E-state index in [9.17, 15) is 5.26 Å². The molecule has 0 bridgehead atoms. The van der Waals surface area contributed by atoms with Gasteiger partial charge < -0.3 is 4.74 Å². The van der Waals surface area contributed by atoms with Gasteiger partial charge in [0.2, 0.25) is 0 Å². The van der Waals surface area contributed by atoms with Gasteiger partial charge in [-0.15, -0.1) is 0 Å². The number of fused-ring (bicyclic) bond motifs is 1. The Balaban J connectivity index is 1.55. The monoisotopic (exact) mass is 386 g/mol. The summed E-state index contributed by atoms with van der Waals surface area (Å²) < 4.78 is 6.04. The maximum atomic E-state index is 9.57. The summed E-state index contributed by atoms with van der Waals surface area (Å²) in [6.07, 6.45) is 1.83. The van der Waals surface area contributed by atoms with Crippen LogP contribution in [-0.4, -0.2) is 0 Å². The van der Waals surface area contributed by atoms with Crippen molar-refractivity contribution < 1.29 is 4.74 Å². The molecule has 30 heavy (non-hydrogen) atoms. The highest BCUT2D eigenvalue weighted by Gasteiger charge is 2.04. The minimum absolute atomic E-state index is 0.468. The molecule has 0 saturated heterocycles. The zero-order valence-electron chi connectivity index (χ0n) is 16.2. The summed E-state index contributed by atoms with van der Waals surface area (Å²) in [6.45, 7) is 0.468. The molecule has 4 aromatic rings. The van der Waals surface area contributed by atoms with Crippen LogP contribution in [-0.2, 0) is 6.61 Å². The Hall–Kier alpha value is -4.34. The molecular formula is C27H18N2O. The summed E-state index contributed by atoms with van der Waals surface area (Å²) in [6, 6.07) is 33.5. The van der Waals surface area contributed by atoms with E-state index in [1.807, 2.05) is 48.5 Å². The molecule has 4 rings (SSSR count). The first-order valence-electron chi connectivity index (χ1n) is 9.59.